The molecule has 0 radical (unpaired) electrons. The number of carbonyl (C=O) groups excluding carboxylic acids is 1. The van der Waals surface area contributed by atoms with E-state index in [1.54, 1.807) is 4.90 Å². The molecule has 25 heavy (non-hydrogen) atoms. The fraction of sp³-hybridized carbons (Fsp3) is 0.350. The smallest absolute Gasteiger partial charge is 0.257 e. The van der Waals surface area contributed by atoms with Crippen LogP contribution < -0.4 is 0 Å². The van der Waals surface area contributed by atoms with Crippen LogP contribution in [0.4, 0.5) is 8.78 Å². The van der Waals surface area contributed by atoms with Gasteiger partial charge in [-0.15, -0.1) is 0 Å². The number of nitrogens with zero attached hydrogens (tertiary/aromatic N) is 2. The molecule has 2 aliphatic rings. The summed E-state index contributed by atoms with van der Waals surface area (Å²) in [7, 11) is 0. The average molecular weight is 342 g/mol. The Balaban J connectivity index is 1.64. The van der Waals surface area contributed by atoms with E-state index in [9.17, 15) is 13.6 Å². The molecule has 5 heteroatoms. The van der Waals surface area contributed by atoms with Gasteiger partial charge in [-0.1, -0.05) is 30.3 Å². The summed E-state index contributed by atoms with van der Waals surface area (Å²) >= 11 is 0. The second-order valence-electron chi connectivity index (χ2n) is 6.78. The fourth-order valence-corrected chi connectivity index (χ4v) is 3.60. The third-order valence-electron chi connectivity index (χ3n) is 5.08. The molecule has 1 heterocycles. The summed E-state index contributed by atoms with van der Waals surface area (Å²) in [4.78, 5) is 17.1. The molecule has 1 atom stereocenters. The van der Waals surface area contributed by atoms with Crippen molar-refractivity contribution in [3.63, 3.8) is 0 Å². The molecule has 1 saturated heterocycles. The van der Waals surface area contributed by atoms with E-state index in [1.165, 1.54) is 18.9 Å². The van der Waals surface area contributed by atoms with Gasteiger partial charge in [0.2, 0.25) is 0 Å². The van der Waals surface area contributed by atoms with Crippen LogP contribution in [0, 0.1) is 11.6 Å². The Morgan fingerprint density at radius 2 is 1.76 bits per heavy atom. The molecule has 2 fully saturated rings. The van der Waals surface area contributed by atoms with E-state index in [0.29, 0.717) is 12.6 Å². The SMILES string of the molecule is O=C(c1ccc(F)cc1F)N1CCN(C2CC2)CC1c1ccccc1. The summed E-state index contributed by atoms with van der Waals surface area (Å²) in [6, 6.07) is 13.5. The predicted octanol–water partition coefficient (Wildman–Crippen LogP) is 3.63. The highest BCUT2D eigenvalue weighted by Gasteiger charge is 2.38. The summed E-state index contributed by atoms with van der Waals surface area (Å²) in [5.41, 5.74) is 0.978. The number of rotatable bonds is 3. The van der Waals surface area contributed by atoms with Crippen LogP contribution in [0.5, 0.6) is 0 Å². The molecule has 3 nitrogen and oxygen atoms in total. The minimum atomic E-state index is -0.804. The zero-order valence-electron chi connectivity index (χ0n) is 13.9. The Hall–Kier alpha value is -2.27. The maximum absolute atomic E-state index is 14.1. The van der Waals surface area contributed by atoms with Gasteiger partial charge < -0.3 is 4.90 Å². The Kier molecular flexibility index (Phi) is 4.25. The lowest BCUT2D eigenvalue weighted by Gasteiger charge is -2.42. The molecule has 0 N–H and O–H groups in total. The van der Waals surface area contributed by atoms with E-state index in [0.717, 1.165) is 30.8 Å². The van der Waals surface area contributed by atoms with Gasteiger partial charge in [0, 0.05) is 31.7 Å². The second-order valence-corrected chi connectivity index (χ2v) is 6.78. The number of hydrogen-bond donors (Lipinski definition) is 0. The zero-order chi connectivity index (χ0) is 17.4. The lowest BCUT2D eigenvalue weighted by Crippen LogP contribution is -2.51. The van der Waals surface area contributed by atoms with E-state index in [2.05, 4.69) is 4.90 Å². The maximum atomic E-state index is 14.1. The lowest BCUT2D eigenvalue weighted by molar-refractivity contribution is 0.0428. The molecule has 0 bridgehead atoms. The summed E-state index contributed by atoms with van der Waals surface area (Å²) < 4.78 is 27.3. The second kappa shape index (κ2) is 6.56. The van der Waals surface area contributed by atoms with E-state index in [4.69, 9.17) is 0 Å². The third-order valence-corrected chi connectivity index (χ3v) is 5.08. The highest BCUT2D eigenvalue weighted by atomic mass is 19.1. The molecule has 1 unspecified atom stereocenters. The van der Waals surface area contributed by atoms with Gasteiger partial charge in [-0.2, -0.15) is 0 Å². The van der Waals surface area contributed by atoms with Crippen LogP contribution >= 0.6 is 0 Å². The average Bonchev–Trinajstić information content (AvgIpc) is 3.47. The molecule has 2 aromatic rings. The van der Waals surface area contributed by atoms with Crippen LogP contribution in [0.15, 0.2) is 48.5 Å². The van der Waals surface area contributed by atoms with Crippen molar-refractivity contribution in [2.24, 2.45) is 0 Å². The largest absolute Gasteiger partial charge is 0.329 e. The Labute approximate surface area is 145 Å². The summed E-state index contributed by atoms with van der Waals surface area (Å²) in [5.74, 6) is -1.85. The number of hydrogen-bond acceptors (Lipinski definition) is 2. The van der Waals surface area contributed by atoms with E-state index >= 15 is 0 Å². The molecule has 130 valence electrons. The van der Waals surface area contributed by atoms with E-state index in [1.807, 2.05) is 30.3 Å². The standard InChI is InChI=1S/C20H20F2N2O/c21-15-6-9-17(18(22)12-15)20(25)24-11-10-23(16-7-8-16)13-19(24)14-4-2-1-3-5-14/h1-6,9,12,16,19H,7-8,10-11,13H2. The van der Waals surface area contributed by atoms with Crippen LogP contribution in [0.1, 0.15) is 34.8 Å². The first-order valence-electron chi connectivity index (χ1n) is 8.68. The molecular formula is C20H20F2N2O. The molecule has 1 saturated carbocycles. The minimum Gasteiger partial charge on any atom is -0.329 e. The van der Waals surface area contributed by atoms with Crippen molar-refractivity contribution in [1.82, 2.24) is 9.80 Å². The van der Waals surface area contributed by atoms with E-state index in [-0.39, 0.29) is 17.5 Å². The van der Waals surface area contributed by atoms with Gasteiger partial charge in [-0.3, -0.25) is 9.69 Å². The van der Waals surface area contributed by atoms with Gasteiger partial charge in [0.1, 0.15) is 11.6 Å². The van der Waals surface area contributed by atoms with Crippen molar-refractivity contribution in [1.29, 1.82) is 0 Å². The molecule has 1 aliphatic heterocycles. The van der Waals surface area contributed by atoms with Gasteiger partial charge in [0.25, 0.3) is 5.91 Å². The van der Waals surface area contributed by atoms with Crippen molar-refractivity contribution >= 4 is 5.91 Å². The topological polar surface area (TPSA) is 23.6 Å². The van der Waals surface area contributed by atoms with Crippen LogP contribution in [0.25, 0.3) is 0 Å². The lowest BCUT2D eigenvalue weighted by atomic mass is 10.0. The highest BCUT2D eigenvalue weighted by Crippen LogP contribution is 2.34. The number of benzene rings is 2. The molecular weight excluding hydrogens is 322 g/mol. The predicted molar refractivity (Wildman–Crippen MR) is 91.2 cm³/mol. The molecule has 0 spiro atoms. The Morgan fingerprint density at radius 3 is 2.44 bits per heavy atom. The van der Waals surface area contributed by atoms with Crippen molar-refractivity contribution in [2.75, 3.05) is 19.6 Å². The van der Waals surface area contributed by atoms with Gasteiger partial charge in [-0.05, 0) is 30.5 Å². The van der Waals surface area contributed by atoms with Crippen LogP contribution in [0.2, 0.25) is 0 Å². The highest BCUT2D eigenvalue weighted by molar-refractivity contribution is 5.94. The number of piperazine rings is 1. The molecule has 4 rings (SSSR count). The van der Waals surface area contributed by atoms with Gasteiger partial charge in [-0.25, -0.2) is 8.78 Å². The summed E-state index contributed by atoms with van der Waals surface area (Å²) in [6.07, 6.45) is 2.42. The van der Waals surface area contributed by atoms with Crippen LogP contribution in [0.3, 0.4) is 0 Å². The molecule has 1 aliphatic carbocycles. The zero-order valence-corrected chi connectivity index (χ0v) is 13.9. The van der Waals surface area contributed by atoms with Gasteiger partial charge in [0.15, 0.2) is 0 Å². The maximum Gasteiger partial charge on any atom is 0.257 e. The van der Waals surface area contributed by atoms with Crippen LogP contribution in [-0.2, 0) is 0 Å². The van der Waals surface area contributed by atoms with Crippen LogP contribution in [-0.4, -0.2) is 41.4 Å². The quantitative estimate of drug-likeness (QED) is 0.850. The fourth-order valence-electron chi connectivity index (χ4n) is 3.60. The van der Waals surface area contributed by atoms with Crippen molar-refractivity contribution in [2.45, 2.75) is 24.9 Å². The Bertz CT molecular complexity index is 777. The van der Waals surface area contributed by atoms with Crippen molar-refractivity contribution in [3.05, 3.63) is 71.3 Å². The minimum absolute atomic E-state index is 0.0674. The summed E-state index contributed by atoms with van der Waals surface area (Å²) in [6.45, 7) is 2.09. The number of halogens is 2. The third kappa shape index (κ3) is 3.29. The molecule has 1 amide bonds. The number of amides is 1. The first-order chi connectivity index (χ1) is 12.1. The van der Waals surface area contributed by atoms with Crippen molar-refractivity contribution in [3.8, 4) is 0 Å². The molecule has 0 aromatic heterocycles. The monoisotopic (exact) mass is 342 g/mol. The summed E-state index contributed by atoms with van der Waals surface area (Å²) in [5, 5.41) is 0. The van der Waals surface area contributed by atoms with Gasteiger partial charge in [0.05, 0.1) is 11.6 Å². The van der Waals surface area contributed by atoms with Crippen molar-refractivity contribution < 1.29 is 13.6 Å². The first kappa shape index (κ1) is 16.2. The van der Waals surface area contributed by atoms with Gasteiger partial charge >= 0.3 is 0 Å². The van der Waals surface area contributed by atoms with E-state index < -0.39 is 11.6 Å². The molecule has 2 aromatic carbocycles. The Morgan fingerprint density at radius 1 is 1.00 bits per heavy atom. The number of carbonyl (C=O) groups is 1. The first-order valence-corrected chi connectivity index (χ1v) is 8.68. The normalized spacial score (nSPS) is 21.4.